The summed E-state index contributed by atoms with van der Waals surface area (Å²) in [5, 5.41) is 3.64. The lowest BCUT2D eigenvalue weighted by molar-refractivity contribution is 0.0210. The molecule has 1 N–H and O–H groups in total. The van der Waals surface area contributed by atoms with Crippen molar-refractivity contribution >= 4 is 17.5 Å². The van der Waals surface area contributed by atoms with Crippen molar-refractivity contribution in [3.63, 3.8) is 0 Å². The first kappa shape index (κ1) is 16.5. The maximum absolute atomic E-state index is 12.6. The van der Waals surface area contributed by atoms with Crippen LogP contribution in [0.3, 0.4) is 0 Å². The molecule has 1 aromatic carbocycles. The molecule has 2 bridgehead atoms. The van der Waals surface area contributed by atoms with Gasteiger partial charge in [-0.2, -0.15) is 0 Å². The molecular formula is C19H21ClN2O3. The van der Waals surface area contributed by atoms with Gasteiger partial charge in [-0.25, -0.2) is 0 Å². The number of hydrogen-bond donors (Lipinski definition) is 1. The average Bonchev–Trinajstić information content (AvgIpc) is 3.09. The van der Waals surface area contributed by atoms with Gasteiger partial charge in [0.15, 0.2) is 5.76 Å². The minimum atomic E-state index is -0.195. The van der Waals surface area contributed by atoms with Crippen LogP contribution < -0.4 is 10.1 Å². The van der Waals surface area contributed by atoms with Crippen LogP contribution in [0.4, 0.5) is 0 Å². The van der Waals surface area contributed by atoms with Crippen molar-refractivity contribution in [3.8, 4) is 11.7 Å². The van der Waals surface area contributed by atoms with Gasteiger partial charge in [0.1, 0.15) is 5.75 Å². The third-order valence-electron chi connectivity index (χ3n) is 5.33. The van der Waals surface area contributed by atoms with Crippen LogP contribution in [-0.4, -0.2) is 36.0 Å². The molecule has 3 aliphatic heterocycles. The SMILES string of the molecule is C[C@H]1[C@H](NC(=O)c2ccc(Oc3ccccc3Cl)o2)C2CCN1CC2. The zero-order valence-electron chi connectivity index (χ0n) is 14.1. The number of carbonyl (C=O) groups excluding carboxylic acids is 1. The molecular weight excluding hydrogens is 340 g/mol. The molecule has 1 aromatic heterocycles. The number of benzene rings is 1. The van der Waals surface area contributed by atoms with E-state index in [2.05, 4.69) is 17.1 Å². The smallest absolute Gasteiger partial charge is 0.290 e. The molecule has 3 aliphatic rings. The van der Waals surface area contributed by atoms with Gasteiger partial charge in [0, 0.05) is 18.2 Å². The van der Waals surface area contributed by atoms with E-state index >= 15 is 0 Å². The number of ether oxygens (including phenoxy) is 1. The summed E-state index contributed by atoms with van der Waals surface area (Å²) in [6, 6.07) is 10.9. The maximum Gasteiger partial charge on any atom is 0.290 e. The van der Waals surface area contributed by atoms with Gasteiger partial charge < -0.3 is 14.5 Å². The van der Waals surface area contributed by atoms with E-state index in [4.69, 9.17) is 20.8 Å². The van der Waals surface area contributed by atoms with Gasteiger partial charge in [0.2, 0.25) is 0 Å². The second-order valence-electron chi connectivity index (χ2n) is 6.76. The van der Waals surface area contributed by atoms with E-state index in [-0.39, 0.29) is 23.7 Å². The van der Waals surface area contributed by atoms with E-state index in [0.29, 0.717) is 22.7 Å². The van der Waals surface area contributed by atoms with Crippen LogP contribution in [0.25, 0.3) is 0 Å². The number of para-hydroxylation sites is 1. The van der Waals surface area contributed by atoms with Gasteiger partial charge in [-0.3, -0.25) is 9.69 Å². The van der Waals surface area contributed by atoms with Crippen molar-refractivity contribution in [2.45, 2.75) is 31.8 Å². The number of fused-ring (bicyclic) bond motifs is 3. The lowest BCUT2D eigenvalue weighted by Crippen LogP contribution is -2.62. The fourth-order valence-electron chi connectivity index (χ4n) is 3.90. The first-order valence-electron chi connectivity index (χ1n) is 8.69. The Morgan fingerprint density at radius 2 is 2.00 bits per heavy atom. The molecule has 0 unspecified atom stereocenters. The number of furan rings is 1. The zero-order valence-corrected chi connectivity index (χ0v) is 14.8. The molecule has 2 atom stereocenters. The van der Waals surface area contributed by atoms with E-state index in [1.54, 1.807) is 24.3 Å². The van der Waals surface area contributed by atoms with Crippen molar-refractivity contribution in [2.24, 2.45) is 5.92 Å². The predicted molar refractivity (Wildman–Crippen MR) is 95.2 cm³/mol. The van der Waals surface area contributed by atoms with Gasteiger partial charge >= 0.3 is 0 Å². The number of nitrogens with one attached hydrogen (secondary N) is 1. The van der Waals surface area contributed by atoms with Crippen molar-refractivity contribution < 1.29 is 13.9 Å². The Morgan fingerprint density at radius 3 is 2.72 bits per heavy atom. The van der Waals surface area contributed by atoms with Gasteiger partial charge in [0.05, 0.1) is 5.02 Å². The van der Waals surface area contributed by atoms with Crippen molar-refractivity contribution in [1.82, 2.24) is 10.2 Å². The standard InChI is InChI=1S/C19H21ClN2O3/c1-12-18(13-8-10-22(12)11-9-13)21-19(23)16-6-7-17(25-16)24-15-5-3-2-4-14(15)20/h2-7,12-13,18H,8-11H2,1H3,(H,21,23)/t12-,18-/m0/s1. The topological polar surface area (TPSA) is 54.7 Å². The molecule has 5 rings (SSSR count). The first-order chi connectivity index (χ1) is 12.1. The van der Waals surface area contributed by atoms with E-state index in [1.807, 2.05) is 12.1 Å². The van der Waals surface area contributed by atoms with Crippen molar-refractivity contribution in [3.05, 3.63) is 47.2 Å². The van der Waals surface area contributed by atoms with Crippen LogP contribution in [0.2, 0.25) is 5.02 Å². The Balaban J connectivity index is 1.43. The Labute approximate surface area is 151 Å². The van der Waals surface area contributed by atoms with Crippen LogP contribution in [-0.2, 0) is 0 Å². The normalized spacial score (nSPS) is 27.9. The van der Waals surface area contributed by atoms with Crippen LogP contribution in [0.15, 0.2) is 40.8 Å². The first-order valence-corrected chi connectivity index (χ1v) is 9.07. The zero-order chi connectivity index (χ0) is 17.4. The number of piperidine rings is 3. The molecule has 0 aliphatic carbocycles. The summed E-state index contributed by atoms with van der Waals surface area (Å²) in [7, 11) is 0. The van der Waals surface area contributed by atoms with Crippen LogP contribution in [0, 0.1) is 5.92 Å². The molecule has 3 saturated heterocycles. The van der Waals surface area contributed by atoms with Crippen LogP contribution in [0.5, 0.6) is 11.7 Å². The highest BCUT2D eigenvalue weighted by Crippen LogP contribution is 2.33. The third-order valence-corrected chi connectivity index (χ3v) is 5.64. The molecule has 132 valence electrons. The molecule has 0 spiro atoms. The monoisotopic (exact) mass is 360 g/mol. The quantitative estimate of drug-likeness (QED) is 0.897. The fourth-order valence-corrected chi connectivity index (χ4v) is 4.08. The number of carbonyl (C=O) groups is 1. The molecule has 6 heteroatoms. The Bertz CT molecular complexity index is 766. The Kier molecular flexibility index (Phi) is 4.44. The summed E-state index contributed by atoms with van der Waals surface area (Å²) < 4.78 is 11.2. The largest absolute Gasteiger partial charge is 0.424 e. The number of hydrogen-bond acceptors (Lipinski definition) is 4. The Hall–Kier alpha value is -1.98. The predicted octanol–water partition coefficient (Wildman–Crippen LogP) is 3.94. The molecule has 3 fully saturated rings. The van der Waals surface area contributed by atoms with Gasteiger partial charge in [-0.1, -0.05) is 23.7 Å². The van der Waals surface area contributed by atoms with Crippen molar-refractivity contribution in [1.29, 1.82) is 0 Å². The van der Waals surface area contributed by atoms with Crippen LogP contribution >= 0.6 is 11.6 Å². The summed E-state index contributed by atoms with van der Waals surface area (Å²) in [6.45, 7) is 4.45. The van der Waals surface area contributed by atoms with Gasteiger partial charge in [-0.05, 0) is 57.0 Å². The number of nitrogens with zero attached hydrogens (tertiary/aromatic N) is 1. The minimum absolute atomic E-state index is 0.174. The number of halogens is 1. The highest BCUT2D eigenvalue weighted by atomic mass is 35.5. The lowest BCUT2D eigenvalue weighted by atomic mass is 9.79. The number of amides is 1. The second kappa shape index (κ2) is 6.73. The lowest BCUT2D eigenvalue weighted by Gasteiger charge is -2.49. The summed E-state index contributed by atoms with van der Waals surface area (Å²) in [4.78, 5) is 15.0. The van der Waals surface area contributed by atoms with Crippen LogP contribution in [0.1, 0.15) is 30.3 Å². The molecule has 1 amide bonds. The van der Waals surface area contributed by atoms with Gasteiger partial charge in [0.25, 0.3) is 11.9 Å². The second-order valence-corrected chi connectivity index (χ2v) is 7.17. The Morgan fingerprint density at radius 1 is 1.24 bits per heavy atom. The highest BCUT2D eigenvalue weighted by Gasteiger charge is 2.40. The van der Waals surface area contributed by atoms with Gasteiger partial charge in [-0.15, -0.1) is 0 Å². The summed E-state index contributed by atoms with van der Waals surface area (Å²) in [6.07, 6.45) is 2.29. The fraction of sp³-hybridized carbons (Fsp3) is 0.421. The van der Waals surface area contributed by atoms with Crippen molar-refractivity contribution in [2.75, 3.05) is 13.1 Å². The third kappa shape index (κ3) is 3.26. The highest BCUT2D eigenvalue weighted by molar-refractivity contribution is 6.32. The van der Waals surface area contributed by atoms with E-state index in [0.717, 1.165) is 25.9 Å². The molecule has 4 heterocycles. The van der Waals surface area contributed by atoms with E-state index in [9.17, 15) is 4.79 Å². The summed E-state index contributed by atoms with van der Waals surface area (Å²) in [5.41, 5.74) is 0. The molecule has 0 radical (unpaired) electrons. The number of rotatable bonds is 4. The summed E-state index contributed by atoms with van der Waals surface area (Å²) >= 11 is 6.07. The molecule has 5 nitrogen and oxygen atoms in total. The van der Waals surface area contributed by atoms with E-state index in [1.165, 1.54) is 0 Å². The molecule has 2 aromatic rings. The van der Waals surface area contributed by atoms with E-state index < -0.39 is 0 Å². The molecule has 0 saturated carbocycles. The minimum Gasteiger partial charge on any atom is -0.424 e. The summed E-state index contributed by atoms with van der Waals surface area (Å²) in [5.74, 6) is 1.36. The maximum atomic E-state index is 12.6. The molecule has 25 heavy (non-hydrogen) atoms. The average molecular weight is 361 g/mol.